The van der Waals surface area contributed by atoms with Gasteiger partial charge in [-0.15, -0.1) is 11.8 Å². The van der Waals surface area contributed by atoms with Crippen LogP contribution in [0.1, 0.15) is 19.4 Å². The summed E-state index contributed by atoms with van der Waals surface area (Å²) in [6, 6.07) is 12.5. The second-order valence-electron chi connectivity index (χ2n) is 5.91. The summed E-state index contributed by atoms with van der Waals surface area (Å²) < 4.78 is 5.36. The average Bonchev–Trinajstić information content (AvgIpc) is 2.64. The number of hydrogen-bond acceptors (Lipinski definition) is 4. The maximum atomic E-state index is 12.3. The highest BCUT2D eigenvalue weighted by Crippen LogP contribution is 2.21. The quantitative estimate of drug-likeness (QED) is 0.664. The second kappa shape index (κ2) is 10.2. The van der Waals surface area contributed by atoms with E-state index in [9.17, 15) is 9.59 Å². The number of carbonyl (C=O) groups excluding carboxylic acids is 2. The number of halogens is 1. The van der Waals surface area contributed by atoms with Crippen LogP contribution >= 0.6 is 23.4 Å². The molecule has 0 saturated heterocycles. The molecule has 2 aromatic rings. The van der Waals surface area contributed by atoms with Gasteiger partial charge in [-0.1, -0.05) is 17.7 Å². The molecule has 0 spiro atoms. The molecular weight excluding hydrogens is 384 g/mol. The Labute approximate surface area is 168 Å². The van der Waals surface area contributed by atoms with Crippen LogP contribution in [0.3, 0.4) is 0 Å². The largest absolute Gasteiger partial charge is 0.494 e. The van der Waals surface area contributed by atoms with Crippen molar-refractivity contribution in [2.75, 3.05) is 23.0 Å². The third-order valence-electron chi connectivity index (χ3n) is 3.72. The first kappa shape index (κ1) is 21.1. The third kappa shape index (κ3) is 6.81. The van der Waals surface area contributed by atoms with Gasteiger partial charge in [0.2, 0.25) is 11.8 Å². The zero-order chi connectivity index (χ0) is 19.8. The van der Waals surface area contributed by atoms with Crippen molar-refractivity contribution in [1.82, 2.24) is 0 Å². The van der Waals surface area contributed by atoms with Gasteiger partial charge in [0.05, 0.1) is 17.6 Å². The molecule has 2 amide bonds. The molecule has 0 bridgehead atoms. The first-order valence-electron chi connectivity index (χ1n) is 8.60. The van der Waals surface area contributed by atoms with E-state index >= 15 is 0 Å². The van der Waals surface area contributed by atoms with E-state index in [0.29, 0.717) is 23.0 Å². The molecule has 1 atom stereocenters. The zero-order valence-corrected chi connectivity index (χ0v) is 17.1. The smallest absolute Gasteiger partial charge is 0.237 e. The van der Waals surface area contributed by atoms with Crippen LogP contribution in [-0.4, -0.2) is 29.4 Å². The summed E-state index contributed by atoms with van der Waals surface area (Å²) in [6.45, 7) is 6.17. The molecule has 0 radical (unpaired) electrons. The molecule has 0 aliphatic heterocycles. The van der Waals surface area contributed by atoms with E-state index in [1.807, 2.05) is 19.9 Å². The predicted octanol–water partition coefficient (Wildman–Crippen LogP) is 4.75. The van der Waals surface area contributed by atoms with Crippen LogP contribution in [0.4, 0.5) is 11.4 Å². The molecule has 0 aliphatic carbocycles. The van der Waals surface area contributed by atoms with E-state index in [4.69, 9.17) is 16.3 Å². The number of hydrogen-bond donors (Lipinski definition) is 2. The highest BCUT2D eigenvalue weighted by Gasteiger charge is 2.16. The summed E-state index contributed by atoms with van der Waals surface area (Å²) in [6.07, 6.45) is 0. The SMILES string of the molecule is CCOc1ccc(NC(=O)CS[C@@H](C)C(=O)Nc2ccc(C)c(Cl)c2)cc1. The van der Waals surface area contributed by atoms with Crippen molar-refractivity contribution in [2.24, 2.45) is 0 Å². The Hall–Kier alpha value is -2.18. The lowest BCUT2D eigenvalue weighted by atomic mass is 10.2. The van der Waals surface area contributed by atoms with E-state index in [-0.39, 0.29) is 22.8 Å². The Morgan fingerprint density at radius 3 is 2.41 bits per heavy atom. The number of benzene rings is 2. The highest BCUT2D eigenvalue weighted by atomic mass is 35.5. The van der Waals surface area contributed by atoms with Crippen molar-refractivity contribution in [3.05, 3.63) is 53.1 Å². The molecule has 2 rings (SSSR count). The molecule has 2 N–H and O–H groups in total. The number of thioether (sulfide) groups is 1. The van der Waals surface area contributed by atoms with Crippen molar-refractivity contribution < 1.29 is 14.3 Å². The molecule has 0 fully saturated rings. The summed E-state index contributed by atoms with van der Waals surface area (Å²) in [4.78, 5) is 24.3. The first-order valence-corrected chi connectivity index (χ1v) is 10.0. The number of nitrogens with one attached hydrogen (secondary N) is 2. The molecule has 2 aromatic carbocycles. The van der Waals surface area contributed by atoms with Crippen LogP contribution in [0.25, 0.3) is 0 Å². The molecule has 27 heavy (non-hydrogen) atoms. The van der Waals surface area contributed by atoms with Crippen molar-refractivity contribution in [1.29, 1.82) is 0 Å². The van der Waals surface area contributed by atoms with E-state index in [1.165, 1.54) is 11.8 Å². The van der Waals surface area contributed by atoms with Crippen molar-refractivity contribution >= 4 is 46.6 Å². The molecule has 0 saturated carbocycles. The molecule has 5 nitrogen and oxygen atoms in total. The predicted molar refractivity (Wildman–Crippen MR) is 113 cm³/mol. The molecule has 0 aromatic heterocycles. The van der Waals surface area contributed by atoms with Gasteiger partial charge in [0.25, 0.3) is 0 Å². The Morgan fingerprint density at radius 1 is 1.11 bits per heavy atom. The summed E-state index contributed by atoms with van der Waals surface area (Å²) in [5, 5.41) is 5.84. The lowest BCUT2D eigenvalue weighted by Crippen LogP contribution is -2.25. The number of rotatable bonds is 8. The van der Waals surface area contributed by atoms with E-state index < -0.39 is 0 Å². The van der Waals surface area contributed by atoms with Crippen molar-refractivity contribution in [3.63, 3.8) is 0 Å². The lowest BCUT2D eigenvalue weighted by molar-refractivity contribution is -0.115. The maximum Gasteiger partial charge on any atom is 0.237 e. The Morgan fingerprint density at radius 2 is 1.78 bits per heavy atom. The van der Waals surface area contributed by atoms with E-state index in [1.54, 1.807) is 43.3 Å². The van der Waals surface area contributed by atoms with Crippen molar-refractivity contribution in [3.8, 4) is 5.75 Å². The first-order chi connectivity index (χ1) is 12.9. The van der Waals surface area contributed by atoms with Gasteiger partial charge in [-0.3, -0.25) is 9.59 Å². The number of aryl methyl sites for hydroxylation is 1. The number of carbonyl (C=O) groups is 2. The zero-order valence-electron chi connectivity index (χ0n) is 15.5. The van der Waals surface area contributed by atoms with Gasteiger partial charge in [0.15, 0.2) is 0 Å². The number of ether oxygens (including phenoxy) is 1. The van der Waals surface area contributed by atoms with Crippen LogP contribution in [0.2, 0.25) is 5.02 Å². The lowest BCUT2D eigenvalue weighted by Gasteiger charge is -2.13. The van der Waals surface area contributed by atoms with Crippen LogP contribution in [0.5, 0.6) is 5.75 Å². The summed E-state index contributed by atoms with van der Waals surface area (Å²) in [5.41, 5.74) is 2.28. The number of anilines is 2. The van der Waals surface area contributed by atoms with Gasteiger partial charge >= 0.3 is 0 Å². The van der Waals surface area contributed by atoms with Crippen LogP contribution in [-0.2, 0) is 9.59 Å². The van der Waals surface area contributed by atoms with Crippen molar-refractivity contribution in [2.45, 2.75) is 26.0 Å². The summed E-state index contributed by atoms with van der Waals surface area (Å²) in [7, 11) is 0. The summed E-state index contributed by atoms with van der Waals surface area (Å²) >= 11 is 7.33. The van der Waals surface area contributed by atoms with E-state index in [0.717, 1.165) is 11.3 Å². The molecule has 7 heteroatoms. The van der Waals surface area contributed by atoms with Gasteiger partial charge in [-0.05, 0) is 62.7 Å². The minimum absolute atomic E-state index is 0.165. The molecular formula is C20H23ClN2O3S. The molecule has 0 aliphatic rings. The Kier molecular flexibility index (Phi) is 8.00. The fraction of sp³-hybridized carbons (Fsp3) is 0.300. The van der Waals surface area contributed by atoms with Crippen LogP contribution in [0, 0.1) is 6.92 Å². The normalized spacial score (nSPS) is 11.6. The van der Waals surface area contributed by atoms with Gasteiger partial charge in [-0.25, -0.2) is 0 Å². The van der Waals surface area contributed by atoms with Gasteiger partial charge in [0, 0.05) is 16.4 Å². The topological polar surface area (TPSA) is 67.4 Å². The van der Waals surface area contributed by atoms with Gasteiger partial charge in [-0.2, -0.15) is 0 Å². The minimum Gasteiger partial charge on any atom is -0.494 e. The second-order valence-corrected chi connectivity index (χ2v) is 7.65. The fourth-order valence-corrected chi connectivity index (χ4v) is 3.05. The Balaban J connectivity index is 1.79. The molecule has 0 unspecified atom stereocenters. The van der Waals surface area contributed by atoms with E-state index in [2.05, 4.69) is 10.6 Å². The molecule has 0 heterocycles. The van der Waals surface area contributed by atoms with Gasteiger partial charge < -0.3 is 15.4 Å². The van der Waals surface area contributed by atoms with Crippen LogP contribution < -0.4 is 15.4 Å². The standard InChI is InChI=1S/C20H23ClN2O3S/c1-4-26-17-9-7-15(8-10-17)22-19(24)12-27-14(3)20(25)23-16-6-5-13(2)18(21)11-16/h5-11,14H,4,12H2,1-3H3,(H,22,24)(H,23,25)/t14-/m0/s1. The minimum atomic E-state index is -0.379. The fourth-order valence-electron chi connectivity index (χ4n) is 2.19. The average molecular weight is 407 g/mol. The third-order valence-corrected chi connectivity index (χ3v) is 5.27. The molecule has 144 valence electrons. The monoisotopic (exact) mass is 406 g/mol. The maximum absolute atomic E-state index is 12.3. The Bertz CT molecular complexity index is 796. The number of amides is 2. The summed E-state index contributed by atoms with van der Waals surface area (Å²) in [5.74, 6) is 0.596. The van der Waals surface area contributed by atoms with Crippen LogP contribution in [0.15, 0.2) is 42.5 Å². The van der Waals surface area contributed by atoms with Gasteiger partial charge in [0.1, 0.15) is 5.75 Å². The highest BCUT2D eigenvalue weighted by molar-refractivity contribution is 8.01.